The Hall–Kier alpha value is -2.40. The molecule has 0 heterocycles. The number of unbranched alkanes of at least 4 members (excludes halogenated alkanes) is 2. The van der Waals surface area contributed by atoms with Crippen LogP contribution in [0.4, 0.5) is 0 Å². The quantitative estimate of drug-likeness (QED) is 0.315. The zero-order valence-corrected chi connectivity index (χ0v) is 17.4. The zero-order valence-electron chi connectivity index (χ0n) is 16.6. The maximum atomic E-state index is 12.0. The molecule has 2 N–H and O–H groups in total. The smallest absolute Gasteiger partial charge is 0.244 e. The van der Waals surface area contributed by atoms with E-state index in [2.05, 4.69) is 18.3 Å². The Morgan fingerprint density at radius 1 is 1.18 bits per heavy atom. The summed E-state index contributed by atoms with van der Waals surface area (Å²) in [5.74, 6) is 2.07. The molecule has 0 aliphatic carbocycles. The minimum absolute atomic E-state index is 0.119. The number of hydrogen-bond donors (Lipinski definition) is 2. The summed E-state index contributed by atoms with van der Waals surface area (Å²) in [7, 11) is 1.68. The van der Waals surface area contributed by atoms with Crippen molar-refractivity contribution in [2.45, 2.75) is 37.5 Å². The summed E-state index contributed by atoms with van der Waals surface area (Å²) in [4.78, 5) is 13.1. The Balaban J connectivity index is 1.85. The van der Waals surface area contributed by atoms with Gasteiger partial charge in [-0.25, -0.2) is 0 Å². The van der Waals surface area contributed by atoms with Crippen molar-refractivity contribution in [3.8, 4) is 11.5 Å². The van der Waals surface area contributed by atoms with E-state index in [1.807, 2.05) is 30.3 Å². The molecule has 0 atom stereocenters. The van der Waals surface area contributed by atoms with Crippen molar-refractivity contribution in [2.24, 2.45) is 0 Å². The normalized spacial score (nSPS) is 10.9. The van der Waals surface area contributed by atoms with Crippen molar-refractivity contribution in [3.05, 3.63) is 59.7 Å². The largest absolute Gasteiger partial charge is 0.508 e. The lowest BCUT2D eigenvalue weighted by Crippen LogP contribution is -2.23. The van der Waals surface area contributed by atoms with E-state index in [4.69, 9.17) is 4.74 Å². The number of benzene rings is 2. The maximum Gasteiger partial charge on any atom is 0.244 e. The van der Waals surface area contributed by atoms with Gasteiger partial charge in [-0.3, -0.25) is 4.79 Å². The van der Waals surface area contributed by atoms with Gasteiger partial charge in [-0.05, 0) is 60.1 Å². The predicted molar refractivity (Wildman–Crippen MR) is 117 cm³/mol. The topological polar surface area (TPSA) is 58.6 Å². The Bertz CT molecular complexity index is 772. The molecule has 1 amide bonds. The Kier molecular flexibility index (Phi) is 9.49. The molecular formula is C23H29NO3S. The number of thioether (sulfide) groups is 1. The van der Waals surface area contributed by atoms with Crippen LogP contribution < -0.4 is 10.1 Å². The van der Waals surface area contributed by atoms with Crippen LogP contribution in [-0.2, 0) is 11.2 Å². The minimum Gasteiger partial charge on any atom is -0.508 e. The number of rotatable bonds is 11. The molecule has 0 aliphatic heterocycles. The first kappa shape index (κ1) is 21.9. The highest BCUT2D eigenvalue weighted by Gasteiger charge is 2.05. The molecule has 2 aromatic carbocycles. The van der Waals surface area contributed by atoms with Crippen LogP contribution in [-0.4, -0.2) is 30.4 Å². The molecule has 2 rings (SSSR count). The highest BCUT2D eigenvalue weighted by Crippen LogP contribution is 2.31. The third-order valence-corrected chi connectivity index (χ3v) is 5.39. The first-order valence-electron chi connectivity index (χ1n) is 9.67. The molecule has 2 aromatic rings. The molecule has 0 fully saturated rings. The van der Waals surface area contributed by atoms with E-state index in [-0.39, 0.29) is 11.7 Å². The molecule has 0 aromatic heterocycles. The van der Waals surface area contributed by atoms with Crippen LogP contribution in [0.2, 0.25) is 0 Å². The van der Waals surface area contributed by atoms with Crippen LogP contribution in [0.25, 0.3) is 6.08 Å². The lowest BCUT2D eigenvalue weighted by molar-refractivity contribution is -0.116. The summed E-state index contributed by atoms with van der Waals surface area (Å²) in [6.45, 7) is 2.75. The molecule has 0 radical (unpaired) electrons. The number of phenols is 1. The second-order valence-electron chi connectivity index (χ2n) is 6.51. The number of methoxy groups -OCH3 is 1. The van der Waals surface area contributed by atoms with Gasteiger partial charge in [0, 0.05) is 17.5 Å². The molecule has 28 heavy (non-hydrogen) atoms. The van der Waals surface area contributed by atoms with Gasteiger partial charge in [-0.2, -0.15) is 0 Å². The number of carbonyl (C=O) groups excluding carboxylic acids is 1. The molecular weight excluding hydrogens is 370 g/mol. The molecule has 0 saturated heterocycles. The van der Waals surface area contributed by atoms with Crippen molar-refractivity contribution in [1.29, 1.82) is 0 Å². The van der Waals surface area contributed by atoms with Gasteiger partial charge >= 0.3 is 0 Å². The third kappa shape index (κ3) is 7.69. The van der Waals surface area contributed by atoms with Crippen molar-refractivity contribution in [3.63, 3.8) is 0 Å². The standard InChI is InChI=1S/C23H29NO3S/c1-3-4-5-16-28-22-17-19(8-12-21(22)27-2)9-13-23(26)24-15-14-18-6-10-20(25)11-7-18/h6-13,17,25H,3-5,14-16H2,1-2H3,(H,24,26)/b13-9+. The van der Waals surface area contributed by atoms with Crippen LogP contribution in [0.3, 0.4) is 0 Å². The summed E-state index contributed by atoms with van der Waals surface area (Å²) in [6, 6.07) is 13.0. The second kappa shape index (κ2) is 12.1. The molecule has 0 spiro atoms. The van der Waals surface area contributed by atoms with Gasteiger partial charge in [0.1, 0.15) is 11.5 Å². The van der Waals surface area contributed by atoms with Crippen LogP contribution >= 0.6 is 11.8 Å². The van der Waals surface area contributed by atoms with Gasteiger partial charge in [0.15, 0.2) is 0 Å². The molecule has 5 heteroatoms. The first-order valence-corrected chi connectivity index (χ1v) is 10.7. The van der Waals surface area contributed by atoms with Crippen LogP contribution in [0.5, 0.6) is 11.5 Å². The fourth-order valence-electron chi connectivity index (χ4n) is 2.67. The van der Waals surface area contributed by atoms with E-state index in [0.29, 0.717) is 6.54 Å². The Morgan fingerprint density at radius 3 is 2.68 bits per heavy atom. The summed E-state index contributed by atoms with van der Waals surface area (Å²) in [5.41, 5.74) is 2.05. The van der Waals surface area contributed by atoms with Crippen LogP contribution in [0.15, 0.2) is 53.4 Å². The number of aromatic hydroxyl groups is 1. The van der Waals surface area contributed by atoms with Crippen LogP contribution in [0.1, 0.15) is 37.3 Å². The van der Waals surface area contributed by atoms with Crippen molar-refractivity contribution < 1.29 is 14.6 Å². The van der Waals surface area contributed by atoms with E-state index in [1.54, 1.807) is 37.1 Å². The van der Waals surface area contributed by atoms with Gasteiger partial charge in [0.2, 0.25) is 5.91 Å². The monoisotopic (exact) mass is 399 g/mol. The number of amides is 1. The van der Waals surface area contributed by atoms with E-state index in [9.17, 15) is 9.90 Å². The van der Waals surface area contributed by atoms with Crippen LogP contribution in [0, 0.1) is 0 Å². The predicted octanol–water partition coefficient (Wildman–Crippen LogP) is 5.06. The third-order valence-electron chi connectivity index (χ3n) is 4.27. The minimum atomic E-state index is -0.119. The van der Waals surface area contributed by atoms with E-state index in [1.165, 1.54) is 19.3 Å². The second-order valence-corrected chi connectivity index (χ2v) is 7.64. The van der Waals surface area contributed by atoms with Crippen molar-refractivity contribution in [1.82, 2.24) is 5.32 Å². The fourth-order valence-corrected chi connectivity index (χ4v) is 3.75. The first-order chi connectivity index (χ1) is 13.6. The van der Waals surface area contributed by atoms with Crippen molar-refractivity contribution >= 4 is 23.7 Å². The van der Waals surface area contributed by atoms with Gasteiger partial charge in [0.25, 0.3) is 0 Å². The molecule has 0 saturated carbocycles. The summed E-state index contributed by atoms with van der Waals surface area (Å²) in [6.07, 6.45) is 7.74. The number of phenolic OH excluding ortho intramolecular Hbond substituents is 1. The highest BCUT2D eigenvalue weighted by molar-refractivity contribution is 7.99. The van der Waals surface area contributed by atoms with Gasteiger partial charge in [-0.15, -0.1) is 11.8 Å². The number of ether oxygens (including phenoxy) is 1. The maximum absolute atomic E-state index is 12.0. The van der Waals surface area contributed by atoms with Gasteiger partial charge in [-0.1, -0.05) is 38.0 Å². The van der Waals surface area contributed by atoms with E-state index in [0.717, 1.165) is 33.9 Å². The lowest BCUT2D eigenvalue weighted by Gasteiger charge is -2.09. The SMILES string of the molecule is CCCCCSc1cc(/C=C/C(=O)NCCc2ccc(O)cc2)ccc1OC. The average molecular weight is 400 g/mol. The highest BCUT2D eigenvalue weighted by atomic mass is 32.2. The lowest BCUT2D eigenvalue weighted by atomic mass is 10.1. The molecule has 0 aliphatic rings. The summed E-state index contributed by atoms with van der Waals surface area (Å²) in [5, 5.41) is 12.2. The number of nitrogens with one attached hydrogen (secondary N) is 1. The average Bonchev–Trinajstić information content (AvgIpc) is 2.71. The summed E-state index contributed by atoms with van der Waals surface area (Å²) >= 11 is 1.80. The Morgan fingerprint density at radius 2 is 1.96 bits per heavy atom. The summed E-state index contributed by atoms with van der Waals surface area (Å²) < 4.78 is 5.45. The molecule has 0 unspecified atom stereocenters. The molecule has 4 nitrogen and oxygen atoms in total. The fraction of sp³-hybridized carbons (Fsp3) is 0.348. The van der Waals surface area contributed by atoms with Gasteiger partial charge < -0.3 is 15.2 Å². The Labute approximate surface area is 172 Å². The zero-order chi connectivity index (χ0) is 20.2. The molecule has 0 bridgehead atoms. The molecule has 150 valence electrons. The van der Waals surface area contributed by atoms with E-state index >= 15 is 0 Å². The van der Waals surface area contributed by atoms with E-state index < -0.39 is 0 Å². The number of carbonyl (C=O) groups is 1. The number of hydrogen-bond acceptors (Lipinski definition) is 4. The van der Waals surface area contributed by atoms with Gasteiger partial charge in [0.05, 0.1) is 7.11 Å². The van der Waals surface area contributed by atoms with Crippen molar-refractivity contribution in [2.75, 3.05) is 19.4 Å².